The van der Waals surface area contributed by atoms with E-state index in [1.54, 1.807) is 19.1 Å². The molecule has 2 aromatic rings. The number of nitrogens with one attached hydrogen (secondary N) is 1. The van der Waals surface area contributed by atoms with Crippen LogP contribution in [0.25, 0.3) is 10.9 Å². The Morgan fingerprint density at radius 2 is 2.22 bits per heavy atom. The van der Waals surface area contributed by atoms with Crippen LogP contribution in [0.4, 0.5) is 11.5 Å². The largest absolute Gasteiger partial charge is 0.467 e. The number of rotatable bonds is 3. The minimum absolute atomic E-state index is 0.350. The first-order chi connectivity index (χ1) is 8.61. The van der Waals surface area contributed by atoms with Gasteiger partial charge in [0.2, 0.25) is 0 Å². The summed E-state index contributed by atoms with van der Waals surface area (Å²) in [5.74, 6) is 0.232. The lowest BCUT2D eigenvalue weighted by Gasteiger charge is -2.13. The highest BCUT2D eigenvalue weighted by molar-refractivity contribution is 5.92. The van der Waals surface area contributed by atoms with Crippen molar-refractivity contribution in [3.05, 3.63) is 24.5 Å². The third-order valence-corrected chi connectivity index (χ3v) is 2.57. The smallest absolute Gasteiger partial charge is 0.328 e. The van der Waals surface area contributed by atoms with Crippen LogP contribution in [0.2, 0.25) is 0 Å². The van der Waals surface area contributed by atoms with Gasteiger partial charge in [0.1, 0.15) is 18.2 Å². The van der Waals surface area contributed by atoms with Gasteiger partial charge < -0.3 is 15.8 Å². The number of methoxy groups -OCH3 is 1. The average Bonchev–Trinajstić information content (AvgIpc) is 2.37. The monoisotopic (exact) mass is 246 g/mol. The Hall–Kier alpha value is -2.37. The maximum absolute atomic E-state index is 11.4. The van der Waals surface area contributed by atoms with Gasteiger partial charge in [-0.15, -0.1) is 0 Å². The quantitative estimate of drug-likeness (QED) is 0.624. The van der Waals surface area contributed by atoms with Gasteiger partial charge in [-0.25, -0.2) is 14.8 Å². The molecule has 1 atom stereocenters. The zero-order chi connectivity index (χ0) is 13.1. The fourth-order valence-electron chi connectivity index (χ4n) is 1.63. The Balaban J connectivity index is 2.36. The van der Waals surface area contributed by atoms with E-state index in [1.165, 1.54) is 13.4 Å². The van der Waals surface area contributed by atoms with E-state index in [4.69, 9.17) is 5.73 Å². The second-order valence-electron chi connectivity index (χ2n) is 3.89. The molecule has 6 nitrogen and oxygen atoms in total. The Kier molecular flexibility index (Phi) is 3.27. The summed E-state index contributed by atoms with van der Waals surface area (Å²) in [6, 6.07) is 4.85. The first-order valence-corrected chi connectivity index (χ1v) is 5.46. The molecule has 1 aromatic carbocycles. The zero-order valence-corrected chi connectivity index (χ0v) is 10.2. The van der Waals surface area contributed by atoms with Gasteiger partial charge in [-0.05, 0) is 25.1 Å². The van der Waals surface area contributed by atoms with Crippen LogP contribution in [0, 0.1) is 0 Å². The number of hydrogen-bond acceptors (Lipinski definition) is 6. The fourth-order valence-corrected chi connectivity index (χ4v) is 1.63. The maximum Gasteiger partial charge on any atom is 0.328 e. The average molecular weight is 246 g/mol. The number of carbonyl (C=O) groups is 1. The highest BCUT2D eigenvalue weighted by Crippen LogP contribution is 2.21. The summed E-state index contributed by atoms with van der Waals surface area (Å²) < 4.78 is 4.65. The van der Waals surface area contributed by atoms with Crippen molar-refractivity contribution in [1.29, 1.82) is 0 Å². The first-order valence-electron chi connectivity index (χ1n) is 5.46. The van der Waals surface area contributed by atoms with Gasteiger partial charge in [-0.2, -0.15) is 0 Å². The molecule has 0 bridgehead atoms. The molecule has 0 amide bonds. The van der Waals surface area contributed by atoms with E-state index in [0.29, 0.717) is 11.5 Å². The normalized spacial score (nSPS) is 12.1. The van der Waals surface area contributed by atoms with E-state index in [0.717, 1.165) is 10.9 Å². The summed E-state index contributed by atoms with van der Waals surface area (Å²) in [4.78, 5) is 19.6. The molecule has 0 fully saturated rings. The zero-order valence-electron chi connectivity index (χ0n) is 10.2. The molecule has 6 heteroatoms. The molecule has 3 N–H and O–H groups in total. The van der Waals surface area contributed by atoms with Crippen molar-refractivity contribution in [2.75, 3.05) is 18.2 Å². The Bertz CT molecular complexity index is 585. The lowest BCUT2D eigenvalue weighted by Crippen LogP contribution is -2.27. The summed E-state index contributed by atoms with van der Waals surface area (Å²) >= 11 is 0. The van der Waals surface area contributed by atoms with Gasteiger partial charge in [0.15, 0.2) is 0 Å². The van der Waals surface area contributed by atoms with Crippen LogP contribution in [0.1, 0.15) is 6.92 Å². The van der Waals surface area contributed by atoms with Crippen molar-refractivity contribution in [2.45, 2.75) is 13.0 Å². The van der Waals surface area contributed by atoms with E-state index in [1.807, 2.05) is 6.07 Å². The van der Waals surface area contributed by atoms with Crippen LogP contribution in [-0.2, 0) is 9.53 Å². The highest BCUT2D eigenvalue weighted by atomic mass is 16.5. The van der Waals surface area contributed by atoms with Crippen LogP contribution in [0.5, 0.6) is 0 Å². The van der Waals surface area contributed by atoms with Crippen LogP contribution < -0.4 is 11.1 Å². The van der Waals surface area contributed by atoms with Crippen molar-refractivity contribution in [3.63, 3.8) is 0 Å². The molecule has 1 aromatic heterocycles. The van der Waals surface area contributed by atoms with Crippen LogP contribution in [-0.4, -0.2) is 29.1 Å². The number of esters is 1. The molecule has 0 radical (unpaired) electrons. The molecule has 0 aliphatic heterocycles. The summed E-state index contributed by atoms with van der Waals surface area (Å²) in [6.45, 7) is 1.71. The number of nitrogens with two attached hydrogens (primary N) is 1. The van der Waals surface area contributed by atoms with E-state index < -0.39 is 6.04 Å². The van der Waals surface area contributed by atoms with Gasteiger partial charge in [0.25, 0.3) is 0 Å². The van der Waals surface area contributed by atoms with Crippen molar-refractivity contribution < 1.29 is 9.53 Å². The molecule has 2 rings (SSSR count). The van der Waals surface area contributed by atoms with Gasteiger partial charge in [0, 0.05) is 11.1 Å². The Morgan fingerprint density at radius 3 is 2.94 bits per heavy atom. The second kappa shape index (κ2) is 4.87. The molecule has 0 saturated carbocycles. The number of nitrogen functional groups attached to an aromatic ring is 1. The fraction of sp³-hybridized carbons (Fsp3) is 0.250. The lowest BCUT2D eigenvalue weighted by molar-refractivity contribution is -0.141. The summed E-state index contributed by atoms with van der Waals surface area (Å²) in [7, 11) is 1.35. The molecule has 0 spiro atoms. The maximum atomic E-state index is 11.4. The standard InChI is InChI=1S/C12H14N4O2/c1-7(12(17)18-2)16-11-9-4-3-8(13)5-10(9)14-6-15-11/h3-7H,13H2,1-2H3,(H,14,15,16). The number of carbonyl (C=O) groups excluding carboxylic acids is 1. The number of fused-ring (bicyclic) bond motifs is 1. The predicted molar refractivity (Wildman–Crippen MR) is 69.1 cm³/mol. The second-order valence-corrected chi connectivity index (χ2v) is 3.89. The number of anilines is 2. The molecule has 94 valence electrons. The van der Waals surface area contributed by atoms with E-state index in [-0.39, 0.29) is 5.97 Å². The molecule has 0 aliphatic rings. The minimum atomic E-state index is -0.481. The van der Waals surface area contributed by atoms with Crippen LogP contribution in [0.3, 0.4) is 0 Å². The third-order valence-electron chi connectivity index (χ3n) is 2.57. The van der Waals surface area contributed by atoms with Gasteiger partial charge in [-0.1, -0.05) is 0 Å². The molecule has 0 aliphatic carbocycles. The number of ether oxygens (including phenoxy) is 1. The topological polar surface area (TPSA) is 90.1 Å². The number of aromatic nitrogens is 2. The highest BCUT2D eigenvalue weighted by Gasteiger charge is 2.14. The SMILES string of the molecule is COC(=O)C(C)Nc1ncnc2cc(N)ccc12. The molecule has 1 unspecified atom stereocenters. The van der Waals surface area contributed by atoms with Crippen LogP contribution >= 0.6 is 0 Å². The molecular weight excluding hydrogens is 232 g/mol. The van der Waals surface area contributed by atoms with Crippen molar-refractivity contribution in [1.82, 2.24) is 9.97 Å². The van der Waals surface area contributed by atoms with E-state index >= 15 is 0 Å². The number of nitrogens with zero attached hydrogens (tertiary/aromatic N) is 2. The molecule has 18 heavy (non-hydrogen) atoms. The van der Waals surface area contributed by atoms with E-state index in [9.17, 15) is 4.79 Å². The summed E-state index contributed by atoms with van der Waals surface area (Å²) in [5, 5.41) is 3.80. The predicted octanol–water partition coefficient (Wildman–Crippen LogP) is 1.19. The first kappa shape index (κ1) is 12.1. The van der Waals surface area contributed by atoms with Crippen molar-refractivity contribution in [2.24, 2.45) is 0 Å². The van der Waals surface area contributed by atoms with Crippen molar-refractivity contribution in [3.8, 4) is 0 Å². The molecular formula is C12H14N4O2. The minimum Gasteiger partial charge on any atom is -0.467 e. The van der Waals surface area contributed by atoms with E-state index in [2.05, 4.69) is 20.0 Å². The van der Waals surface area contributed by atoms with Gasteiger partial charge in [0.05, 0.1) is 12.6 Å². The van der Waals surface area contributed by atoms with Gasteiger partial charge in [-0.3, -0.25) is 0 Å². The Morgan fingerprint density at radius 1 is 1.44 bits per heavy atom. The number of benzene rings is 1. The molecule has 1 heterocycles. The summed E-state index contributed by atoms with van der Waals surface area (Å²) in [5.41, 5.74) is 7.05. The molecule has 0 saturated heterocycles. The van der Waals surface area contributed by atoms with Gasteiger partial charge >= 0.3 is 5.97 Å². The van der Waals surface area contributed by atoms with Crippen molar-refractivity contribution >= 4 is 28.4 Å². The third kappa shape index (κ3) is 2.32. The van der Waals surface area contributed by atoms with Crippen LogP contribution in [0.15, 0.2) is 24.5 Å². The Labute approximate surface area is 104 Å². The summed E-state index contributed by atoms with van der Waals surface area (Å²) in [6.07, 6.45) is 1.42. The number of hydrogen-bond donors (Lipinski definition) is 2. The lowest BCUT2D eigenvalue weighted by atomic mass is 10.2.